The fourth-order valence-electron chi connectivity index (χ4n) is 3.28. The predicted octanol–water partition coefficient (Wildman–Crippen LogP) is 3.74. The topological polar surface area (TPSA) is 56.9 Å². The van der Waals surface area contributed by atoms with Crippen LogP contribution in [0.3, 0.4) is 0 Å². The van der Waals surface area contributed by atoms with Gasteiger partial charge in [0.25, 0.3) is 0 Å². The summed E-state index contributed by atoms with van der Waals surface area (Å²) >= 11 is 0. The van der Waals surface area contributed by atoms with Crippen molar-refractivity contribution in [3.8, 4) is 6.07 Å². The molecule has 1 atom stereocenters. The van der Waals surface area contributed by atoms with Gasteiger partial charge in [0.1, 0.15) is 0 Å². The van der Waals surface area contributed by atoms with Crippen LogP contribution in [0.5, 0.6) is 0 Å². The Bertz CT molecular complexity index is 648. The first kappa shape index (κ1) is 13.1. The molecule has 1 aliphatic rings. The SMILES string of the molecule is N#CC1(C(O)c2ccnc3ccccc23)CCCCC1. The molecule has 1 aliphatic carbocycles. The summed E-state index contributed by atoms with van der Waals surface area (Å²) in [6.07, 6.45) is 5.74. The average Bonchev–Trinajstić information content (AvgIpc) is 2.54. The van der Waals surface area contributed by atoms with Crippen molar-refractivity contribution in [1.29, 1.82) is 5.26 Å². The molecule has 1 saturated carbocycles. The van der Waals surface area contributed by atoms with Crippen LogP contribution in [0.25, 0.3) is 10.9 Å². The number of hydrogen-bond acceptors (Lipinski definition) is 3. The molecule has 0 amide bonds. The van der Waals surface area contributed by atoms with Gasteiger partial charge in [-0.2, -0.15) is 5.26 Å². The maximum atomic E-state index is 10.8. The standard InChI is InChI=1S/C17H18N2O/c18-12-17(9-4-1-5-10-17)16(20)14-8-11-19-15-7-3-2-6-13(14)15/h2-3,6-8,11,16,20H,1,4-5,9-10H2. The number of nitriles is 1. The molecule has 0 bridgehead atoms. The van der Waals surface area contributed by atoms with Gasteiger partial charge in [0.05, 0.1) is 23.1 Å². The second-order valence-electron chi connectivity index (χ2n) is 5.65. The number of pyridine rings is 1. The van der Waals surface area contributed by atoms with Crippen LogP contribution in [0, 0.1) is 16.7 Å². The summed E-state index contributed by atoms with van der Waals surface area (Å²) < 4.78 is 0. The highest BCUT2D eigenvalue weighted by molar-refractivity contribution is 5.82. The van der Waals surface area contributed by atoms with Crippen molar-refractivity contribution >= 4 is 10.9 Å². The van der Waals surface area contributed by atoms with Crippen LogP contribution in [-0.2, 0) is 0 Å². The second-order valence-corrected chi connectivity index (χ2v) is 5.65. The molecule has 1 aromatic heterocycles. The third kappa shape index (κ3) is 2.07. The first-order chi connectivity index (χ1) is 9.77. The summed E-state index contributed by atoms with van der Waals surface area (Å²) in [6, 6.07) is 12.0. The van der Waals surface area contributed by atoms with Crippen molar-refractivity contribution in [1.82, 2.24) is 4.98 Å². The molecule has 0 aliphatic heterocycles. The lowest BCUT2D eigenvalue weighted by Crippen LogP contribution is -2.30. The molecule has 0 saturated heterocycles. The Hall–Kier alpha value is -1.92. The molecule has 1 heterocycles. The zero-order valence-electron chi connectivity index (χ0n) is 11.4. The Balaban J connectivity index is 2.08. The molecule has 3 nitrogen and oxygen atoms in total. The van der Waals surface area contributed by atoms with E-state index in [2.05, 4.69) is 11.1 Å². The monoisotopic (exact) mass is 266 g/mol. The lowest BCUT2D eigenvalue weighted by Gasteiger charge is -2.35. The number of benzene rings is 1. The Morgan fingerprint density at radius 3 is 2.65 bits per heavy atom. The molecule has 102 valence electrons. The Morgan fingerprint density at radius 1 is 1.15 bits per heavy atom. The number of hydrogen-bond donors (Lipinski definition) is 1. The zero-order valence-corrected chi connectivity index (χ0v) is 11.4. The van der Waals surface area contributed by atoms with Gasteiger partial charge < -0.3 is 5.11 Å². The zero-order chi connectivity index (χ0) is 14.0. The molecule has 1 unspecified atom stereocenters. The number of nitrogens with zero attached hydrogens (tertiary/aromatic N) is 2. The van der Waals surface area contributed by atoms with E-state index < -0.39 is 11.5 Å². The highest BCUT2D eigenvalue weighted by Gasteiger charge is 2.40. The van der Waals surface area contributed by atoms with Gasteiger partial charge in [0, 0.05) is 11.6 Å². The van der Waals surface area contributed by atoms with E-state index in [-0.39, 0.29) is 0 Å². The summed E-state index contributed by atoms with van der Waals surface area (Å²) in [4.78, 5) is 4.32. The third-order valence-electron chi connectivity index (χ3n) is 4.47. The normalized spacial score (nSPS) is 19.4. The van der Waals surface area contributed by atoms with Crippen LogP contribution >= 0.6 is 0 Å². The van der Waals surface area contributed by atoms with Crippen molar-refractivity contribution in [3.63, 3.8) is 0 Å². The van der Waals surface area contributed by atoms with Gasteiger partial charge in [-0.25, -0.2) is 0 Å². The van der Waals surface area contributed by atoms with Crippen molar-refractivity contribution in [3.05, 3.63) is 42.1 Å². The minimum atomic E-state index is -0.735. The fraction of sp³-hybridized carbons (Fsp3) is 0.412. The smallest absolute Gasteiger partial charge is 0.0983 e. The number of aliphatic hydroxyl groups excluding tert-OH is 1. The van der Waals surface area contributed by atoms with Gasteiger partial charge >= 0.3 is 0 Å². The summed E-state index contributed by atoms with van der Waals surface area (Å²) in [5, 5.41) is 21.4. The van der Waals surface area contributed by atoms with Gasteiger partial charge in [0.2, 0.25) is 0 Å². The Morgan fingerprint density at radius 2 is 1.90 bits per heavy atom. The number of rotatable bonds is 2. The largest absolute Gasteiger partial charge is 0.387 e. The van der Waals surface area contributed by atoms with E-state index in [1.807, 2.05) is 30.3 Å². The van der Waals surface area contributed by atoms with Crippen molar-refractivity contribution in [2.24, 2.45) is 5.41 Å². The van der Waals surface area contributed by atoms with E-state index in [1.165, 1.54) is 0 Å². The Labute approximate surface area is 118 Å². The average molecular weight is 266 g/mol. The van der Waals surface area contributed by atoms with Gasteiger partial charge in [-0.05, 0) is 30.5 Å². The molecule has 3 heteroatoms. The lowest BCUT2D eigenvalue weighted by atomic mass is 9.69. The van der Waals surface area contributed by atoms with Gasteiger partial charge in [0.15, 0.2) is 0 Å². The molecule has 2 aromatic rings. The number of aromatic nitrogens is 1. The predicted molar refractivity (Wildman–Crippen MR) is 77.8 cm³/mol. The molecule has 0 spiro atoms. The first-order valence-electron chi connectivity index (χ1n) is 7.20. The third-order valence-corrected chi connectivity index (χ3v) is 4.47. The van der Waals surface area contributed by atoms with Crippen molar-refractivity contribution in [2.45, 2.75) is 38.2 Å². The number of para-hydroxylation sites is 1. The summed E-state index contributed by atoms with van der Waals surface area (Å²) in [7, 11) is 0. The van der Waals surface area contributed by atoms with Crippen LogP contribution in [0.2, 0.25) is 0 Å². The van der Waals surface area contributed by atoms with E-state index in [4.69, 9.17) is 0 Å². The first-order valence-corrected chi connectivity index (χ1v) is 7.20. The van der Waals surface area contributed by atoms with Crippen molar-refractivity contribution < 1.29 is 5.11 Å². The molecule has 0 radical (unpaired) electrons. The molecule has 20 heavy (non-hydrogen) atoms. The highest BCUT2D eigenvalue weighted by Crippen LogP contribution is 2.46. The second kappa shape index (κ2) is 5.22. The van der Waals surface area contributed by atoms with Crippen LogP contribution in [0.1, 0.15) is 43.8 Å². The van der Waals surface area contributed by atoms with Gasteiger partial charge in [-0.15, -0.1) is 0 Å². The minimum absolute atomic E-state index is 0.637. The maximum Gasteiger partial charge on any atom is 0.0983 e. The van der Waals surface area contributed by atoms with Gasteiger partial charge in [-0.3, -0.25) is 4.98 Å². The molecular formula is C17H18N2O. The van der Waals surface area contributed by atoms with Crippen LogP contribution in [0.4, 0.5) is 0 Å². The maximum absolute atomic E-state index is 10.8. The number of aliphatic hydroxyl groups is 1. The van der Waals surface area contributed by atoms with Crippen molar-refractivity contribution in [2.75, 3.05) is 0 Å². The molecule has 1 fully saturated rings. The van der Waals surface area contributed by atoms with E-state index in [9.17, 15) is 10.4 Å². The van der Waals surface area contributed by atoms with Crippen LogP contribution in [-0.4, -0.2) is 10.1 Å². The quantitative estimate of drug-likeness (QED) is 0.900. The molecule has 1 aromatic carbocycles. The Kier molecular flexibility index (Phi) is 3.42. The van der Waals surface area contributed by atoms with Crippen LogP contribution in [0.15, 0.2) is 36.5 Å². The minimum Gasteiger partial charge on any atom is -0.387 e. The highest BCUT2D eigenvalue weighted by atomic mass is 16.3. The van der Waals surface area contributed by atoms with Crippen LogP contribution < -0.4 is 0 Å². The van der Waals surface area contributed by atoms with E-state index in [0.717, 1.165) is 48.6 Å². The molecule has 3 rings (SSSR count). The fourth-order valence-corrected chi connectivity index (χ4v) is 3.28. The van der Waals surface area contributed by atoms with E-state index >= 15 is 0 Å². The van der Waals surface area contributed by atoms with E-state index in [0.29, 0.717) is 0 Å². The lowest BCUT2D eigenvalue weighted by molar-refractivity contribution is 0.0370. The van der Waals surface area contributed by atoms with Gasteiger partial charge in [-0.1, -0.05) is 37.5 Å². The van der Waals surface area contributed by atoms with E-state index in [1.54, 1.807) is 6.20 Å². The molecule has 1 N–H and O–H groups in total. The summed E-state index contributed by atoms with van der Waals surface area (Å²) in [5.74, 6) is 0. The number of fused-ring (bicyclic) bond motifs is 1. The summed E-state index contributed by atoms with van der Waals surface area (Å²) in [6.45, 7) is 0. The molecular weight excluding hydrogens is 248 g/mol. The summed E-state index contributed by atoms with van der Waals surface area (Å²) in [5.41, 5.74) is 1.06.